The fraction of sp³-hybridized carbons (Fsp3) is 0.143. The maximum absolute atomic E-state index is 10.9. The molecule has 0 atom stereocenters. The van der Waals surface area contributed by atoms with E-state index in [2.05, 4.69) is 20.7 Å². The Morgan fingerprint density at radius 1 is 1.46 bits per heavy atom. The lowest BCUT2D eigenvalue weighted by molar-refractivity contribution is 0.607. The van der Waals surface area contributed by atoms with E-state index < -0.39 is 10.0 Å². The monoisotopic (exact) mass is 264 g/mol. The molecule has 6 heteroatoms. The molecule has 1 aromatic rings. The lowest BCUT2D eigenvalue weighted by Crippen LogP contribution is -2.11. The summed E-state index contributed by atoms with van der Waals surface area (Å²) in [6, 6.07) is 5.04. The molecule has 1 rings (SSSR count). The van der Waals surface area contributed by atoms with Gasteiger partial charge in [0.2, 0.25) is 10.0 Å². The first-order valence-electron chi connectivity index (χ1n) is 3.42. The third-order valence-corrected chi connectivity index (χ3v) is 2.63. The van der Waals surface area contributed by atoms with E-state index in [1.807, 2.05) is 0 Å². The van der Waals surface area contributed by atoms with Gasteiger partial charge in [-0.3, -0.25) is 4.72 Å². The van der Waals surface area contributed by atoms with Gasteiger partial charge in [0.05, 0.1) is 17.6 Å². The van der Waals surface area contributed by atoms with Gasteiger partial charge in [-0.2, -0.15) is 0 Å². The van der Waals surface area contributed by atoms with E-state index in [1.165, 1.54) is 0 Å². The lowest BCUT2D eigenvalue weighted by atomic mass is 10.3. The van der Waals surface area contributed by atoms with Crippen LogP contribution in [0, 0.1) is 0 Å². The van der Waals surface area contributed by atoms with E-state index in [9.17, 15) is 8.42 Å². The van der Waals surface area contributed by atoms with E-state index in [1.54, 1.807) is 18.2 Å². The minimum absolute atomic E-state index is 0.382. The summed E-state index contributed by atoms with van der Waals surface area (Å²) in [7, 11) is -3.27. The van der Waals surface area contributed by atoms with Crippen molar-refractivity contribution in [1.82, 2.24) is 0 Å². The first-order chi connectivity index (χ1) is 5.90. The summed E-state index contributed by atoms with van der Waals surface area (Å²) in [5.41, 5.74) is 6.38. The molecule has 0 heterocycles. The van der Waals surface area contributed by atoms with Crippen molar-refractivity contribution in [2.75, 3.05) is 16.7 Å². The van der Waals surface area contributed by atoms with Crippen LogP contribution in [0.1, 0.15) is 0 Å². The van der Waals surface area contributed by atoms with Gasteiger partial charge in [0.15, 0.2) is 0 Å². The highest BCUT2D eigenvalue weighted by atomic mass is 79.9. The summed E-state index contributed by atoms with van der Waals surface area (Å²) >= 11 is 3.19. The molecule has 0 bridgehead atoms. The Morgan fingerprint density at radius 3 is 2.62 bits per heavy atom. The molecule has 0 fully saturated rings. The number of nitrogens with two attached hydrogens (primary N) is 1. The zero-order valence-corrected chi connectivity index (χ0v) is 9.31. The van der Waals surface area contributed by atoms with Crippen molar-refractivity contribution >= 4 is 37.3 Å². The Balaban J connectivity index is 3.10. The van der Waals surface area contributed by atoms with Gasteiger partial charge >= 0.3 is 0 Å². The maximum atomic E-state index is 10.9. The highest BCUT2D eigenvalue weighted by molar-refractivity contribution is 9.10. The van der Waals surface area contributed by atoms with Gasteiger partial charge in [0.1, 0.15) is 0 Å². The highest BCUT2D eigenvalue weighted by Crippen LogP contribution is 2.27. The molecule has 1 aromatic carbocycles. The molecule has 0 radical (unpaired) electrons. The van der Waals surface area contributed by atoms with Crippen molar-refractivity contribution in [1.29, 1.82) is 0 Å². The van der Waals surface area contributed by atoms with Crippen molar-refractivity contribution in [3.8, 4) is 0 Å². The standard InChI is InChI=1S/C7H9BrN2O2S/c1-13(11,12)10-6-4-2-3-5(8)7(6)9/h2-4,10H,9H2,1H3. The Labute approximate surface area is 85.3 Å². The van der Waals surface area contributed by atoms with E-state index in [4.69, 9.17) is 5.73 Å². The van der Waals surface area contributed by atoms with Crippen LogP contribution in [0.15, 0.2) is 22.7 Å². The van der Waals surface area contributed by atoms with Gasteiger partial charge in [0, 0.05) is 4.47 Å². The average Bonchev–Trinajstić information content (AvgIpc) is 1.96. The molecule has 0 aromatic heterocycles. The number of para-hydroxylation sites is 1. The van der Waals surface area contributed by atoms with Crippen LogP contribution in [-0.2, 0) is 10.0 Å². The molecule has 0 spiro atoms. The van der Waals surface area contributed by atoms with Crippen molar-refractivity contribution in [3.63, 3.8) is 0 Å². The van der Waals surface area contributed by atoms with E-state index in [0.29, 0.717) is 15.8 Å². The third-order valence-electron chi connectivity index (χ3n) is 1.35. The van der Waals surface area contributed by atoms with Crippen molar-refractivity contribution in [2.45, 2.75) is 0 Å². The van der Waals surface area contributed by atoms with Crippen LogP contribution in [0.2, 0.25) is 0 Å². The molecule has 4 nitrogen and oxygen atoms in total. The number of nitrogens with one attached hydrogen (secondary N) is 1. The molecule has 0 amide bonds. The molecule has 0 unspecified atom stereocenters. The normalized spacial score (nSPS) is 11.2. The highest BCUT2D eigenvalue weighted by Gasteiger charge is 2.06. The molecular weight excluding hydrogens is 256 g/mol. The molecule has 3 N–H and O–H groups in total. The zero-order valence-electron chi connectivity index (χ0n) is 6.91. The van der Waals surface area contributed by atoms with Gasteiger partial charge in [-0.05, 0) is 28.1 Å². The maximum Gasteiger partial charge on any atom is 0.229 e. The molecule has 0 saturated carbocycles. The van der Waals surface area contributed by atoms with Crippen LogP contribution in [0.4, 0.5) is 11.4 Å². The molecule has 0 saturated heterocycles. The third kappa shape index (κ3) is 2.89. The number of hydrogen-bond acceptors (Lipinski definition) is 3. The molecular formula is C7H9BrN2O2S. The van der Waals surface area contributed by atoms with Crippen LogP contribution >= 0.6 is 15.9 Å². The number of sulfonamides is 1. The summed E-state index contributed by atoms with van der Waals surface area (Å²) in [4.78, 5) is 0. The van der Waals surface area contributed by atoms with E-state index in [0.717, 1.165) is 6.26 Å². The zero-order chi connectivity index (χ0) is 10.1. The molecule has 0 aliphatic carbocycles. The van der Waals surface area contributed by atoms with Crippen molar-refractivity contribution < 1.29 is 8.42 Å². The summed E-state index contributed by atoms with van der Waals surface area (Å²) in [6.45, 7) is 0. The second kappa shape index (κ2) is 3.55. The number of benzene rings is 1. The summed E-state index contributed by atoms with van der Waals surface area (Å²) < 4.78 is 24.7. The van der Waals surface area contributed by atoms with Gasteiger partial charge in [-0.1, -0.05) is 6.07 Å². The van der Waals surface area contributed by atoms with Crippen LogP contribution in [0.25, 0.3) is 0 Å². The minimum Gasteiger partial charge on any atom is -0.396 e. The summed E-state index contributed by atoms with van der Waals surface area (Å²) in [6.07, 6.45) is 1.08. The van der Waals surface area contributed by atoms with Crippen LogP contribution in [0.3, 0.4) is 0 Å². The predicted molar refractivity (Wildman–Crippen MR) is 57.0 cm³/mol. The topological polar surface area (TPSA) is 72.2 Å². The van der Waals surface area contributed by atoms with Gasteiger partial charge in [-0.15, -0.1) is 0 Å². The average molecular weight is 265 g/mol. The second-order valence-electron chi connectivity index (χ2n) is 2.58. The summed E-state index contributed by atoms with van der Waals surface area (Å²) in [5.74, 6) is 0. The molecule has 0 aliphatic rings. The number of rotatable bonds is 2. The van der Waals surface area contributed by atoms with Crippen LogP contribution in [-0.4, -0.2) is 14.7 Å². The van der Waals surface area contributed by atoms with Crippen LogP contribution in [0.5, 0.6) is 0 Å². The number of anilines is 2. The smallest absolute Gasteiger partial charge is 0.229 e. The molecule has 72 valence electrons. The molecule has 0 aliphatic heterocycles. The second-order valence-corrected chi connectivity index (χ2v) is 5.18. The Hall–Kier alpha value is -0.750. The van der Waals surface area contributed by atoms with Crippen LogP contribution < -0.4 is 10.5 Å². The fourth-order valence-corrected chi connectivity index (χ4v) is 1.77. The van der Waals surface area contributed by atoms with Gasteiger partial charge < -0.3 is 5.73 Å². The number of nitrogen functional groups attached to an aromatic ring is 1. The quantitative estimate of drug-likeness (QED) is 0.794. The van der Waals surface area contributed by atoms with Gasteiger partial charge in [0.25, 0.3) is 0 Å². The Morgan fingerprint density at radius 2 is 2.08 bits per heavy atom. The predicted octanol–water partition coefficient (Wildman–Crippen LogP) is 1.40. The van der Waals surface area contributed by atoms with Gasteiger partial charge in [-0.25, -0.2) is 8.42 Å². The summed E-state index contributed by atoms with van der Waals surface area (Å²) in [5, 5.41) is 0. The van der Waals surface area contributed by atoms with Crippen molar-refractivity contribution in [2.24, 2.45) is 0 Å². The SMILES string of the molecule is CS(=O)(=O)Nc1cccc(Br)c1N. The number of hydrogen-bond donors (Lipinski definition) is 2. The largest absolute Gasteiger partial charge is 0.396 e. The number of halogens is 1. The van der Waals surface area contributed by atoms with E-state index in [-0.39, 0.29) is 0 Å². The first-order valence-corrected chi connectivity index (χ1v) is 6.10. The Bertz CT molecular complexity index is 417. The minimum atomic E-state index is -3.27. The van der Waals surface area contributed by atoms with E-state index >= 15 is 0 Å². The lowest BCUT2D eigenvalue weighted by Gasteiger charge is -2.07. The first kappa shape index (κ1) is 10.3. The Kier molecular flexibility index (Phi) is 2.82. The van der Waals surface area contributed by atoms with Crippen molar-refractivity contribution in [3.05, 3.63) is 22.7 Å². The fourth-order valence-electron chi connectivity index (χ4n) is 0.826. The molecule has 13 heavy (non-hydrogen) atoms.